The van der Waals surface area contributed by atoms with Gasteiger partial charge in [0, 0.05) is 35.1 Å². The summed E-state index contributed by atoms with van der Waals surface area (Å²) in [6.07, 6.45) is 0.846. The van der Waals surface area contributed by atoms with Gasteiger partial charge in [0.2, 0.25) is 11.8 Å². The zero-order chi connectivity index (χ0) is 35.7. The van der Waals surface area contributed by atoms with Crippen molar-refractivity contribution in [3.8, 4) is 11.5 Å². The van der Waals surface area contributed by atoms with E-state index < -0.39 is 28.5 Å². The molecule has 0 aliphatic carbocycles. The van der Waals surface area contributed by atoms with Crippen LogP contribution < -0.4 is 19.1 Å². The maximum absolute atomic E-state index is 14.7. The van der Waals surface area contributed by atoms with Crippen LogP contribution in [0.5, 0.6) is 11.5 Å². The van der Waals surface area contributed by atoms with Crippen LogP contribution in [0.3, 0.4) is 0 Å². The Morgan fingerprint density at radius 1 is 0.878 bits per heavy atom. The zero-order valence-electron chi connectivity index (χ0n) is 28.2. The molecule has 4 aromatic rings. The molecular formula is C37H41Cl2N3O6S. The molecule has 0 unspecified atom stereocenters. The SMILES string of the molecule is CC[C@@H](C)NC(=O)[C@@H](Cc1ccccc1)N(Cc1ccc(Cl)cc1Cl)C(=O)CN(c1ccc(C)cc1)S(=O)(=O)c1ccc(OC)c(OC)c1. The molecule has 0 spiro atoms. The van der Waals surface area contributed by atoms with Gasteiger partial charge in [-0.2, -0.15) is 0 Å². The number of benzene rings is 4. The minimum atomic E-state index is -4.36. The van der Waals surface area contributed by atoms with Gasteiger partial charge in [0.15, 0.2) is 11.5 Å². The highest BCUT2D eigenvalue weighted by atomic mass is 35.5. The van der Waals surface area contributed by atoms with E-state index in [0.717, 1.165) is 15.4 Å². The van der Waals surface area contributed by atoms with Gasteiger partial charge in [0.05, 0.1) is 24.8 Å². The number of amides is 2. The molecule has 0 aromatic heterocycles. The summed E-state index contributed by atoms with van der Waals surface area (Å²) in [6, 6.07) is 24.1. The van der Waals surface area contributed by atoms with Gasteiger partial charge in [-0.15, -0.1) is 0 Å². The molecular weight excluding hydrogens is 685 g/mol. The summed E-state index contributed by atoms with van der Waals surface area (Å²) in [7, 11) is -1.50. The largest absolute Gasteiger partial charge is 0.493 e. The van der Waals surface area contributed by atoms with E-state index in [2.05, 4.69) is 5.32 Å². The van der Waals surface area contributed by atoms with Crippen molar-refractivity contribution in [1.82, 2.24) is 10.2 Å². The molecule has 0 fully saturated rings. The Balaban J connectivity index is 1.85. The fraction of sp³-hybridized carbons (Fsp3) is 0.297. The summed E-state index contributed by atoms with van der Waals surface area (Å²) < 4.78 is 40.6. The number of hydrogen-bond donors (Lipinski definition) is 1. The Labute approximate surface area is 298 Å². The lowest BCUT2D eigenvalue weighted by atomic mass is 10.0. The molecule has 0 saturated heterocycles. The minimum absolute atomic E-state index is 0.0849. The number of methoxy groups -OCH3 is 2. The highest BCUT2D eigenvalue weighted by Crippen LogP contribution is 2.33. The Morgan fingerprint density at radius 2 is 1.55 bits per heavy atom. The summed E-state index contributed by atoms with van der Waals surface area (Å²) in [5, 5.41) is 3.74. The average molecular weight is 727 g/mol. The lowest BCUT2D eigenvalue weighted by molar-refractivity contribution is -0.140. The molecule has 0 bridgehead atoms. The molecule has 2 amide bonds. The molecule has 4 aromatic carbocycles. The average Bonchev–Trinajstić information content (AvgIpc) is 3.09. The van der Waals surface area contributed by atoms with Crippen molar-refractivity contribution >= 4 is 50.7 Å². The van der Waals surface area contributed by atoms with Crippen molar-refractivity contribution in [3.63, 3.8) is 0 Å². The number of aryl methyl sites for hydroxylation is 1. The molecule has 0 aliphatic rings. The topological polar surface area (TPSA) is 105 Å². The number of halogens is 2. The third-order valence-corrected chi connectivity index (χ3v) is 10.5. The van der Waals surface area contributed by atoms with Crippen molar-refractivity contribution in [2.45, 2.75) is 57.1 Å². The van der Waals surface area contributed by atoms with Crippen LogP contribution in [0.4, 0.5) is 5.69 Å². The molecule has 9 nitrogen and oxygen atoms in total. The van der Waals surface area contributed by atoms with Crippen LogP contribution in [-0.2, 0) is 32.6 Å². The third kappa shape index (κ3) is 9.47. The molecule has 260 valence electrons. The molecule has 4 rings (SSSR count). The van der Waals surface area contributed by atoms with Crippen molar-refractivity contribution in [2.75, 3.05) is 25.1 Å². The van der Waals surface area contributed by atoms with Crippen LogP contribution >= 0.6 is 23.2 Å². The van der Waals surface area contributed by atoms with Crippen molar-refractivity contribution in [3.05, 3.63) is 118 Å². The second kappa shape index (κ2) is 16.9. The number of nitrogens with one attached hydrogen (secondary N) is 1. The van der Waals surface area contributed by atoms with Crippen molar-refractivity contribution in [1.29, 1.82) is 0 Å². The lowest BCUT2D eigenvalue weighted by Gasteiger charge is -2.34. The van der Waals surface area contributed by atoms with Crippen LogP contribution in [0.2, 0.25) is 10.0 Å². The Bertz CT molecular complexity index is 1860. The van der Waals surface area contributed by atoms with Crippen LogP contribution in [0.15, 0.2) is 95.9 Å². The predicted molar refractivity (Wildman–Crippen MR) is 194 cm³/mol. The first-order chi connectivity index (χ1) is 23.4. The van der Waals surface area contributed by atoms with E-state index in [1.54, 1.807) is 42.5 Å². The normalized spacial score (nSPS) is 12.5. The maximum atomic E-state index is 14.7. The van der Waals surface area contributed by atoms with Crippen molar-refractivity contribution < 1.29 is 27.5 Å². The minimum Gasteiger partial charge on any atom is -0.493 e. The molecule has 49 heavy (non-hydrogen) atoms. The van der Waals surface area contributed by atoms with E-state index in [1.807, 2.05) is 51.1 Å². The molecule has 2 atom stereocenters. The smallest absolute Gasteiger partial charge is 0.264 e. The van der Waals surface area contributed by atoms with E-state index in [-0.39, 0.29) is 41.2 Å². The van der Waals surface area contributed by atoms with Gasteiger partial charge in [-0.05, 0) is 67.8 Å². The van der Waals surface area contributed by atoms with Crippen LogP contribution in [0.25, 0.3) is 0 Å². The fourth-order valence-corrected chi connectivity index (χ4v) is 7.07. The summed E-state index contributed by atoms with van der Waals surface area (Å²) in [5.41, 5.74) is 2.53. The summed E-state index contributed by atoms with van der Waals surface area (Å²) in [4.78, 5) is 30.0. The zero-order valence-corrected chi connectivity index (χ0v) is 30.5. The number of rotatable bonds is 15. The summed E-state index contributed by atoms with van der Waals surface area (Å²) >= 11 is 12.8. The number of carbonyl (C=O) groups is 2. The first kappa shape index (κ1) is 37.6. The van der Waals surface area contributed by atoms with Crippen molar-refractivity contribution in [2.24, 2.45) is 0 Å². The van der Waals surface area contributed by atoms with E-state index in [1.165, 1.54) is 37.3 Å². The van der Waals surface area contributed by atoms with Gasteiger partial charge >= 0.3 is 0 Å². The summed E-state index contributed by atoms with van der Waals surface area (Å²) in [6.45, 7) is 5.01. The molecule has 1 N–H and O–H groups in total. The number of hydrogen-bond acceptors (Lipinski definition) is 6. The molecule has 0 heterocycles. The van der Waals surface area contributed by atoms with E-state index in [9.17, 15) is 18.0 Å². The first-order valence-electron chi connectivity index (χ1n) is 15.8. The summed E-state index contributed by atoms with van der Waals surface area (Å²) in [5.74, 6) is -0.430. The Hall–Kier alpha value is -4.25. The molecule has 0 aliphatic heterocycles. The fourth-order valence-electron chi connectivity index (χ4n) is 5.17. The highest BCUT2D eigenvalue weighted by Gasteiger charge is 2.35. The third-order valence-electron chi connectivity index (χ3n) is 8.17. The Kier molecular flexibility index (Phi) is 13.0. The van der Waals surface area contributed by atoms with Gasteiger partial charge in [-0.1, -0.05) is 84.2 Å². The van der Waals surface area contributed by atoms with Crippen LogP contribution in [0.1, 0.15) is 37.0 Å². The predicted octanol–water partition coefficient (Wildman–Crippen LogP) is 7.07. The number of ether oxygens (including phenoxy) is 2. The molecule has 12 heteroatoms. The van der Waals surface area contributed by atoms with E-state index >= 15 is 0 Å². The lowest BCUT2D eigenvalue weighted by Crippen LogP contribution is -2.54. The first-order valence-corrected chi connectivity index (χ1v) is 18.0. The second-order valence-corrected chi connectivity index (χ2v) is 14.4. The monoisotopic (exact) mass is 725 g/mol. The van der Waals surface area contributed by atoms with Crippen LogP contribution in [0, 0.1) is 6.92 Å². The number of carbonyl (C=O) groups excluding carboxylic acids is 2. The van der Waals surface area contributed by atoms with E-state index in [0.29, 0.717) is 27.8 Å². The van der Waals surface area contributed by atoms with Gasteiger partial charge in [0.25, 0.3) is 10.0 Å². The highest BCUT2D eigenvalue weighted by molar-refractivity contribution is 7.92. The number of anilines is 1. The van der Waals surface area contributed by atoms with Crippen LogP contribution in [-0.4, -0.2) is 58.0 Å². The molecule has 0 radical (unpaired) electrons. The maximum Gasteiger partial charge on any atom is 0.264 e. The molecule has 0 saturated carbocycles. The van der Waals surface area contributed by atoms with Gasteiger partial charge in [-0.3, -0.25) is 13.9 Å². The van der Waals surface area contributed by atoms with E-state index in [4.69, 9.17) is 32.7 Å². The van der Waals surface area contributed by atoms with Gasteiger partial charge < -0.3 is 19.7 Å². The number of nitrogens with zero attached hydrogens (tertiary/aromatic N) is 2. The van der Waals surface area contributed by atoms with Gasteiger partial charge in [0.1, 0.15) is 12.6 Å². The Morgan fingerprint density at radius 3 is 2.16 bits per heavy atom. The number of sulfonamides is 1. The van der Waals surface area contributed by atoms with Gasteiger partial charge in [-0.25, -0.2) is 8.42 Å². The second-order valence-electron chi connectivity index (χ2n) is 11.6. The standard InChI is InChI=1S/C37H41Cl2N3O6S/c1-6-26(3)40-37(44)33(20-27-10-8-7-9-11-27)41(23-28-14-15-29(38)21-32(28)39)36(43)24-42(30-16-12-25(2)13-17-30)49(45,46)31-18-19-34(47-4)35(22-31)48-5/h7-19,21-22,26,33H,6,20,23-24H2,1-5H3,(H,40,44)/t26-,33-/m1/s1. The quantitative estimate of drug-likeness (QED) is 0.141.